The molecule has 2 N–H and O–H groups in total. The van der Waals surface area contributed by atoms with Gasteiger partial charge in [0.05, 0.1) is 11.4 Å². The minimum Gasteiger partial charge on any atom is -0.286 e. The highest BCUT2D eigenvalue weighted by atomic mass is 32.2. The van der Waals surface area contributed by atoms with Crippen molar-refractivity contribution in [3.05, 3.63) is 35.1 Å². The minimum absolute atomic E-state index is 0.953. The van der Waals surface area contributed by atoms with Gasteiger partial charge in [-0.15, -0.1) is 0 Å². The van der Waals surface area contributed by atoms with Gasteiger partial charge in [-0.05, 0) is 36.9 Å². The van der Waals surface area contributed by atoms with Gasteiger partial charge in [-0.3, -0.25) is 9.41 Å². The van der Waals surface area contributed by atoms with Crippen LogP contribution < -0.4 is 5.84 Å². The molecule has 3 nitrogen and oxygen atoms in total. The van der Waals surface area contributed by atoms with E-state index in [4.69, 9.17) is 5.84 Å². The largest absolute Gasteiger partial charge is 0.286 e. The maximum absolute atomic E-state index is 5.92. The van der Waals surface area contributed by atoms with E-state index in [1.807, 2.05) is 26.2 Å². The zero-order valence-electron chi connectivity index (χ0n) is 9.61. The summed E-state index contributed by atoms with van der Waals surface area (Å²) in [6, 6.07) is 0. The first-order valence-electron chi connectivity index (χ1n) is 4.77. The van der Waals surface area contributed by atoms with E-state index in [0.717, 1.165) is 22.6 Å². The highest BCUT2D eigenvalue weighted by Crippen LogP contribution is 2.25. The van der Waals surface area contributed by atoms with Crippen LogP contribution in [0, 0.1) is 0 Å². The normalized spacial score (nSPS) is 21.7. The molecule has 1 aliphatic rings. The lowest BCUT2D eigenvalue weighted by Gasteiger charge is -2.25. The Kier molecular flexibility index (Phi) is 4.17. The summed E-state index contributed by atoms with van der Waals surface area (Å²) >= 11 is 1.48. The molecule has 0 saturated carbocycles. The molecule has 0 radical (unpaired) electrons. The summed E-state index contributed by atoms with van der Waals surface area (Å²) in [4.78, 5) is 4.30. The molecule has 0 spiro atoms. The van der Waals surface area contributed by atoms with Gasteiger partial charge in [-0.25, -0.2) is 5.84 Å². The van der Waals surface area contributed by atoms with Gasteiger partial charge >= 0.3 is 0 Å². The van der Waals surface area contributed by atoms with Crippen LogP contribution in [0.25, 0.3) is 0 Å². The van der Waals surface area contributed by atoms with Crippen molar-refractivity contribution in [2.24, 2.45) is 10.8 Å². The summed E-state index contributed by atoms with van der Waals surface area (Å²) in [6.45, 7) is 4.04. The molecule has 0 saturated heterocycles. The molecular formula is C11H17N3S. The van der Waals surface area contributed by atoms with Crippen molar-refractivity contribution < 1.29 is 0 Å². The van der Waals surface area contributed by atoms with Crippen molar-refractivity contribution in [1.29, 1.82) is 0 Å². The van der Waals surface area contributed by atoms with Gasteiger partial charge in [0.2, 0.25) is 0 Å². The van der Waals surface area contributed by atoms with Crippen LogP contribution in [0.3, 0.4) is 0 Å². The van der Waals surface area contributed by atoms with Gasteiger partial charge in [-0.2, -0.15) is 0 Å². The third-order valence-electron chi connectivity index (χ3n) is 2.34. The van der Waals surface area contributed by atoms with Crippen LogP contribution in [0.2, 0.25) is 0 Å². The molecule has 15 heavy (non-hydrogen) atoms. The van der Waals surface area contributed by atoms with Gasteiger partial charge in [0.15, 0.2) is 0 Å². The molecule has 0 amide bonds. The number of aliphatic imine (C=N–C) groups is 1. The molecule has 0 aromatic heterocycles. The van der Waals surface area contributed by atoms with Crippen LogP contribution >= 0.6 is 11.9 Å². The molecule has 0 bridgehead atoms. The van der Waals surface area contributed by atoms with E-state index < -0.39 is 0 Å². The summed E-state index contributed by atoms with van der Waals surface area (Å²) in [5.41, 5.74) is 4.19. The van der Waals surface area contributed by atoms with Crippen molar-refractivity contribution >= 4 is 17.7 Å². The first kappa shape index (κ1) is 12.1. The summed E-state index contributed by atoms with van der Waals surface area (Å²) in [5.74, 6) is 5.92. The van der Waals surface area contributed by atoms with Crippen molar-refractivity contribution in [2.45, 2.75) is 13.8 Å². The molecule has 0 atom stereocenters. The smallest absolute Gasteiger partial charge is 0.0931 e. The lowest BCUT2D eigenvalue weighted by atomic mass is 9.97. The number of allylic oxidation sites excluding steroid dienone is 5. The topological polar surface area (TPSA) is 41.6 Å². The molecule has 1 rings (SSSR count). The fourth-order valence-corrected chi connectivity index (χ4v) is 1.95. The number of hydrogen-bond acceptors (Lipinski definition) is 4. The summed E-state index contributed by atoms with van der Waals surface area (Å²) in [5, 5.41) is 0. The zero-order chi connectivity index (χ0) is 11.4. The molecule has 0 aromatic carbocycles. The Morgan fingerprint density at radius 3 is 2.60 bits per heavy atom. The minimum atomic E-state index is 0.953. The Labute approximate surface area is 95.5 Å². The molecule has 0 unspecified atom stereocenters. The van der Waals surface area contributed by atoms with Crippen LogP contribution in [0.1, 0.15) is 13.8 Å². The van der Waals surface area contributed by atoms with E-state index in [9.17, 15) is 0 Å². The molecule has 1 aliphatic carbocycles. The Balaban J connectivity index is 3.24. The van der Waals surface area contributed by atoms with E-state index in [0.29, 0.717) is 0 Å². The quantitative estimate of drug-likeness (QED) is 0.444. The first-order chi connectivity index (χ1) is 7.15. The van der Waals surface area contributed by atoms with Gasteiger partial charge in [0.25, 0.3) is 0 Å². The van der Waals surface area contributed by atoms with Crippen LogP contribution in [0.15, 0.2) is 40.1 Å². The van der Waals surface area contributed by atoms with E-state index in [2.05, 4.69) is 17.1 Å². The van der Waals surface area contributed by atoms with Gasteiger partial charge in [0, 0.05) is 13.3 Å². The van der Waals surface area contributed by atoms with Crippen LogP contribution in [0.4, 0.5) is 0 Å². The summed E-state index contributed by atoms with van der Waals surface area (Å²) in [6.07, 6.45) is 8.12. The molecule has 0 aromatic rings. The third kappa shape index (κ3) is 2.33. The van der Waals surface area contributed by atoms with E-state index in [1.165, 1.54) is 11.9 Å². The molecule has 82 valence electrons. The highest BCUT2D eigenvalue weighted by Gasteiger charge is 2.19. The monoisotopic (exact) mass is 223 g/mol. The van der Waals surface area contributed by atoms with E-state index in [1.54, 1.807) is 11.5 Å². The lowest BCUT2D eigenvalue weighted by Crippen LogP contribution is -2.30. The standard InChI is InChI=1S/C11H17N3S/c1-5-9-7-6-8(2)11(10(9)13-3)14(12)15-4/h5-7H,12H2,1-4H3/b9-5-,13-10+. The molecular weight excluding hydrogens is 206 g/mol. The van der Waals surface area contributed by atoms with Gasteiger partial charge in [0.1, 0.15) is 0 Å². The molecule has 0 fully saturated rings. The summed E-state index contributed by atoms with van der Waals surface area (Å²) in [7, 11) is 1.79. The average molecular weight is 223 g/mol. The fraction of sp³-hybridized carbons (Fsp3) is 0.364. The van der Waals surface area contributed by atoms with Crippen LogP contribution in [-0.4, -0.2) is 23.4 Å². The lowest BCUT2D eigenvalue weighted by molar-refractivity contribution is 0.640. The number of nitrogens with zero attached hydrogens (tertiary/aromatic N) is 2. The summed E-state index contributed by atoms with van der Waals surface area (Å²) < 4.78 is 1.66. The number of nitrogens with two attached hydrogens (primary N) is 1. The Hall–Kier alpha value is -1.00. The first-order valence-corrected chi connectivity index (χ1v) is 5.95. The Morgan fingerprint density at radius 1 is 1.47 bits per heavy atom. The van der Waals surface area contributed by atoms with Gasteiger partial charge < -0.3 is 0 Å². The number of rotatable bonds is 2. The predicted octanol–water partition coefficient (Wildman–Crippen LogP) is 2.30. The van der Waals surface area contributed by atoms with Crippen molar-refractivity contribution in [1.82, 2.24) is 4.41 Å². The van der Waals surface area contributed by atoms with Crippen LogP contribution in [-0.2, 0) is 0 Å². The second-order valence-electron chi connectivity index (χ2n) is 3.19. The zero-order valence-corrected chi connectivity index (χ0v) is 10.4. The Morgan fingerprint density at radius 2 is 2.13 bits per heavy atom. The van der Waals surface area contributed by atoms with Gasteiger partial charge in [-0.1, -0.05) is 18.2 Å². The van der Waals surface area contributed by atoms with Crippen molar-refractivity contribution in [2.75, 3.05) is 13.3 Å². The number of hydrogen-bond donors (Lipinski definition) is 1. The maximum Gasteiger partial charge on any atom is 0.0931 e. The molecule has 4 heteroatoms. The van der Waals surface area contributed by atoms with E-state index >= 15 is 0 Å². The van der Waals surface area contributed by atoms with E-state index in [-0.39, 0.29) is 0 Å². The molecule has 0 aliphatic heterocycles. The number of hydrazine groups is 1. The second-order valence-corrected chi connectivity index (χ2v) is 3.95. The second kappa shape index (κ2) is 5.19. The Bertz CT molecular complexity index is 364. The van der Waals surface area contributed by atoms with Crippen molar-refractivity contribution in [3.63, 3.8) is 0 Å². The predicted molar refractivity (Wildman–Crippen MR) is 68.5 cm³/mol. The SMILES string of the molecule is C/C=C1/C=CC(C)=C(N(N)SC)/C1=N/C. The average Bonchev–Trinajstić information content (AvgIpc) is 2.27. The maximum atomic E-state index is 5.92. The van der Waals surface area contributed by atoms with Crippen LogP contribution in [0.5, 0.6) is 0 Å². The third-order valence-corrected chi connectivity index (χ3v) is 2.91. The molecule has 0 heterocycles. The highest BCUT2D eigenvalue weighted by molar-refractivity contribution is 7.96. The fourth-order valence-electron chi connectivity index (χ4n) is 1.53. The van der Waals surface area contributed by atoms with Crippen molar-refractivity contribution in [3.8, 4) is 0 Å².